The van der Waals surface area contributed by atoms with Gasteiger partial charge < -0.3 is 10.1 Å². The molecule has 0 aliphatic carbocycles. The minimum absolute atomic E-state index is 0.0564. The Kier molecular flexibility index (Phi) is 5.09. The zero-order valence-electron chi connectivity index (χ0n) is 13.9. The summed E-state index contributed by atoms with van der Waals surface area (Å²) >= 11 is 0. The number of ether oxygens (including phenoxy) is 1. The summed E-state index contributed by atoms with van der Waals surface area (Å²) < 4.78 is 5.71. The quantitative estimate of drug-likeness (QED) is 0.397. The highest BCUT2D eigenvalue weighted by atomic mass is 16.6. The molecular formula is C19H19N3O3. The van der Waals surface area contributed by atoms with Crippen LogP contribution >= 0.6 is 0 Å². The van der Waals surface area contributed by atoms with Crippen molar-refractivity contribution in [3.8, 4) is 5.75 Å². The summed E-state index contributed by atoms with van der Waals surface area (Å²) in [6, 6.07) is 14.6. The Morgan fingerprint density at radius 1 is 1.16 bits per heavy atom. The third-order valence-electron chi connectivity index (χ3n) is 3.96. The molecule has 0 aliphatic rings. The Morgan fingerprint density at radius 2 is 1.96 bits per heavy atom. The highest BCUT2D eigenvalue weighted by Gasteiger charge is 2.14. The third-order valence-corrected chi connectivity index (χ3v) is 3.96. The predicted molar refractivity (Wildman–Crippen MR) is 98.2 cm³/mol. The van der Waals surface area contributed by atoms with Crippen LogP contribution in [0.2, 0.25) is 0 Å². The fraction of sp³-hybridized carbons (Fsp3) is 0.211. The molecule has 6 nitrogen and oxygen atoms in total. The molecule has 0 unspecified atom stereocenters. The molecule has 1 heterocycles. The SMILES string of the molecule is CCc1ccc(OCCNc2ccc([N+](=O)[O-])c3cccnc23)cc1. The maximum atomic E-state index is 11.1. The van der Waals surface area contributed by atoms with Crippen LogP contribution < -0.4 is 10.1 Å². The lowest BCUT2D eigenvalue weighted by Gasteiger charge is -2.11. The number of anilines is 1. The zero-order chi connectivity index (χ0) is 17.6. The van der Waals surface area contributed by atoms with Crippen LogP contribution in [0.3, 0.4) is 0 Å². The molecule has 6 heteroatoms. The van der Waals surface area contributed by atoms with Crippen molar-refractivity contribution in [3.05, 3.63) is 70.4 Å². The Balaban J connectivity index is 1.65. The van der Waals surface area contributed by atoms with Crippen molar-refractivity contribution in [2.45, 2.75) is 13.3 Å². The van der Waals surface area contributed by atoms with E-state index in [0.717, 1.165) is 17.9 Å². The van der Waals surface area contributed by atoms with Crippen LogP contribution in [0.1, 0.15) is 12.5 Å². The number of benzene rings is 2. The largest absolute Gasteiger partial charge is 0.492 e. The molecule has 0 fully saturated rings. The van der Waals surface area contributed by atoms with Crippen molar-refractivity contribution in [3.63, 3.8) is 0 Å². The van der Waals surface area contributed by atoms with Crippen molar-refractivity contribution < 1.29 is 9.66 Å². The van der Waals surface area contributed by atoms with E-state index in [1.807, 2.05) is 12.1 Å². The lowest BCUT2D eigenvalue weighted by molar-refractivity contribution is -0.383. The number of fused-ring (bicyclic) bond motifs is 1. The molecule has 0 saturated carbocycles. The first-order valence-corrected chi connectivity index (χ1v) is 8.16. The second-order valence-electron chi connectivity index (χ2n) is 5.56. The number of hydrogen-bond donors (Lipinski definition) is 1. The summed E-state index contributed by atoms with van der Waals surface area (Å²) in [6.45, 7) is 3.16. The standard InChI is InChI=1S/C19H19N3O3/c1-2-14-5-7-15(8-6-14)25-13-12-20-17-9-10-18(22(23)24)16-4-3-11-21-19(16)17/h3-11,20H,2,12-13H2,1H3. The number of nitro benzene ring substituents is 1. The van der Waals surface area contributed by atoms with Gasteiger partial charge in [0.05, 0.1) is 16.0 Å². The molecular weight excluding hydrogens is 318 g/mol. The average molecular weight is 337 g/mol. The first kappa shape index (κ1) is 16.7. The first-order chi connectivity index (χ1) is 12.2. The van der Waals surface area contributed by atoms with Gasteiger partial charge in [0.1, 0.15) is 17.9 Å². The van der Waals surface area contributed by atoms with Crippen molar-refractivity contribution in [2.24, 2.45) is 0 Å². The molecule has 3 rings (SSSR count). The van der Waals surface area contributed by atoms with Crippen LogP contribution in [0, 0.1) is 10.1 Å². The van der Waals surface area contributed by atoms with Gasteiger partial charge in [-0.15, -0.1) is 0 Å². The fourth-order valence-corrected chi connectivity index (χ4v) is 2.64. The Labute approximate surface area is 145 Å². The van der Waals surface area contributed by atoms with E-state index in [1.165, 1.54) is 11.6 Å². The molecule has 128 valence electrons. The van der Waals surface area contributed by atoms with Gasteiger partial charge in [-0.05, 0) is 42.3 Å². The molecule has 0 atom stereocenters. The molecule has 0 aliphatic heterocycles. The Hall–Kier alpha value is -3.15. The average Bonchev–Trinajstić information content (AvgIpc) is 2.65. The lowest BCUT2D eigenvalue weighted by Crippen LogP contribution is -2.12. The van der Waals surface area contributed by atoms with Crippen molar-refractivity contribution in [1.82, 2.24) is 4.98 Å². The third kappa shape index (κ3) is 3.85. The molecule has 2 aromatic carbocycles. The van der Waals surface area contributed by atoms with E-state index < -0.39 is 4.92 Å². The fourth-order valence-electron chi connectivity index (χ4n) is 2.64. The number of pyridine rings is 1. The van der Waals surface area contributed by atoms with Gasteiger partial charge >= 0.3 is 0 Å². The van der Waals surface area contributed by atoms with Gasteiger partial charge in [-0.3, -0.25) is 15.1 Å². The smallest absolute Gasteiger partial charge is 0.278 e. The van der Waals surface area contributed by atoms with Gasteiger partial charge in [0, 0.05) is 18.8 Å². The minimum atomic E-state index is -0.392. The number of nitrogens with zero attached hydrogens (tertiary/aromatic N) is 2. The molecule has 0 spiro atoms. The Morgan fingerprint density at radius 3 is 2.68 bits per heavy atom. The van der Waals surface area contributed by atoms with Gasteiger partial charge in [-0.1, -0.05) is 19.1 Å². The predicted octanol–water partition coefficient (Wildman–Crippen LogP) is 4.20. The molecule has 3 aromatic rings. The summed E-state index contributed by atoms with van der Waals surface area (Å²) in [5.74, 6) is 0.825. The van der Waals surface area contributed by atoms with E-state index in [-0.39, 0.29) is 5.69 Å². The number of nitro groups is 1. The van der Waals surface area contributed by atoms with Crippen LogP contribution in [0.15, 0.2) is 54.7 Å². The summed E-state index contributed by atoms with van der Waals surface area (Å²) in [4.78, 5) is 15.0. The lowest BCUT2D eigenvalue weighted by atomic mass is 10.1. The van der Waals surface area contributed by atoms with E-state index in [0.29, 0.717) is 24.1 Å². The molecule has 0 amide bonds. The highest BCUT2D eigenvalue weighted by Crippen LogP contribution is 2.29. The van der Waals surface area contributed by atoms with Crippen LogP contribution in [-0.4, -0.2) is 23.1 Å². The van der Waals surface area contributed by atoms with E-state index in [9.17, 15) is 10.1 Å². The molecule has 1 aromatic heterocycles. The number of hydrogen-bond acceptors (Lipinski definition) is 5. The zero-order valence-corrected chi connectivity index (χ0v) is 13.9. The van der Waals surface area contributed by atoms with E-state index in [2.05, 4.69) is 29.4 Å². The maximum Gasteiger partial charge on any atom is 0.278 e. The molecule has 0 radical (unpaired) electrons. The van der Waals surface area contributed by atoms with Gasteiger partial charge in [0.25, 0.3) is 5.69 Å². The summed E-state index contributed by atoms with van der Waals surface area (Å²) in [7, 11) is 0. The van der Waals surface area contributed by atoms with Crippen LogP contribution in [-0.2, 0) is 6.42 Å². The second-order valence-corrected chi connectivity index (χ2v) is 5.56. The minimum Gasteiger partial charge on any atom is -0.492 e. The van der Waals surface area contributed by atoms with Crippen molar-refractivity contribution in [2.75, 3.05) is 18.5 Å². The van der Waals surface area contributed by atoms with Gasteiger partial charge in [-0.25, -0.2) is 0 Å². The normalized spacial score (nSPS) is 10.6. The summed E-state index contributed by atoms with van der Waals surface area (Å²) in [6.07, 6.45) is 2.63. The molecule has 0 saturated heterocycles. The van der Waals surface area contributed by atoms with Gasteiger partial charge in [-0.2, -0.15) is 0 Å². The van der Waals surface area contributed by atoms with Crippen molar-refractivity contribution in [1.29, 1.82) is 0 Å². The van der Waals surface area contributed by atoms with E-state index in [4.69, 9.17) is 4.74 Å². The number of nitrogens with one attached hydrogen (secondary N) is 1. The van der Waals surface area contributed by atoms with E-state index >= 15 is 0 Å². The maximum absolute atomic E-state index is 11.1. The second kappa shape index (κ2) is 7.61. The van der Waals surface area contributed by atoms with Gasteiger partial charge in [0.15, 0.2) is 0 Å². The monoisotopic (exact) mass is 337 g/mol. The molecule has 25 heavy (non-hydrogen) atoms. The van der Waals surface area contributed by atoms with Crippen LogP contribution in [0.5, 0.6) is 5.75 Å². The topological polar surface area (TPSA) is 77.3 Å². The number of rotatable bonds is 7. The molecule has 0 bridgehead atoms. The Bertz CT molecular complexity index is 879. The summed E-state index contributed by atoms with van der Waals surface area (Å²) in [5.41, 5.74) is 2.67. The summed E-state index contributed by atoms with van der Waals surface area (Å²) in [5, 5.41) is 14.9. The van der Waals surface area contributed by atoms with Gasteiger partial charge in [0.2, 0.25) is 0 Å². The number of non-ortho nitro benzene ring substituents is 1. The van der Waals surface area contributed by atoms with Crippen LogP contribution in [0.25, 0.3) is 10.9 Å². The first-order valence-electron chi connectivity index (χ1n) is 8.16. The number of aromatic nitrogens is 1. The van der Waals surface area contributed by atoms with E-state index in [1.54, 1.807) is 24.4 Å². The van der Waals surface area contributed by atoms with Crippen LogP contribution in [0.4, 0.5) is 11.4 Å². The number of aryl methyl sites for hydroxylation is 1. The molecule has 1 N–H and O–H groups in total. The highest BCUT2D eigenvalue weighted by molar-refractivity contribution is 5.96. The van der Waals surface area contributed by atoms with Crippen molar-refractivity contribution >= 4 is 22.3 Å².